The van der Waals surface area contributed by atoms with Crippen LogP contribution >= 0.6 is 0 Å². The molecule has 0 fully saturated rings. The number of carbonyl (C=O) groups is 1. The molecule has 1 aromatic heterocycles. The van der Waals surface area contributed by atoms with Crippen molar-refractivity contribution >= 4 is 22.4 Å². The molecule has 0 saturated carbocycles. The molecule has 18 heavy (non-hydrogen) atoms. The summed E-state index contributed by atoms with van der Waals surface area (Å²) in [5.41, 5.74) is 0.569. The molecule has 0 radical (unpaired) electrons. The van der Waals surface area contributed by atoms with Crippen molar-refractivity contribution < 1.29 is 13.4 Å². The van der Waals surface area contributed by atoms with Crippen LogP contribution in [0.5, 0.6) is 0 Å². The third-order valence-corrected chi connectivity index (χ3v) is 3.20. The van der Waals surface area contributed by atoms with Gasteiger partial charge in [-0.05, 0) is 24.3 Å². The van der Waals surface area contributed by atoms with Gasteiger partial charge in [0.15, 0.2) is 0 Å². The minimum absolute atomic E-state index is 0.106. The zero-order chi connectivity index (χ0) is 13.1. The number of anilines is 1. The topological polar surface area (TPSA) is 74.8 Å². The van der Waals surface area contributed by atoms with Gasteiger partial charge in [0, 0.05) is 18.1 Å². The average molecular weight is 267 g/mol. The highest BCUT2D eigenvalue weighted by Crippen LogP contribution is 2.17. The molecular weight excluding hydrogens is 257 g/mol. The van der Waals surface area contributed by atoms with Crippen molar-refractivity contribution in [2.75, 3.05) is 11.6 Å². The molecule has 0 aliphatic heterocycles. The maximum Gasteiger partial charge on any atom is 0.273 e. The fraction of sp³-hybridized carbons (Fsp3) is 0.0909. The molecule has 0 aliphatic carbocycles. The van der Waals surface area contributed by atoms with Crippen LogP contribution in [0.2, 0.25) is 0 Å². The second kappa shape index (κ2) is 5.09. The third kappa shape index (κ3) is 2.62. The van der Waals surface area contributed by atoms with Crippen LogP contribution in [0.3, 0.4) is 0 Å². The van der Waals surface area contributed by atoms with E-state index < -0.39 is 22.5 Å². The first-order chi connectivity index (χ1) is 8.58. The molecule has 7 heteroatoms. The van der Waals surface area contributed by atoms with E-state index in [0.717, 1.165) is 6.07 Å². The van der Waals surface area contributed by atoms with E-state index in [4.69, 9.17) is 0 Å². The smallest absolute Gasteiger partial charge is 0.273 e. The molecule has 1 atom stereocenters. The van der Waals surface area contributed by atoms with Gasteiger partial charge in [0.2, 0.25) is 0 Å². The van der Waals surface area contributed by atoms with E-state index in [2.05, 4.69) is 15.5 Å². The fourth-order valence-corrected chi connectivity index (χ4v) is 1.99. The van der Waals surface area contributed by atoms with Crippen molar-refractivity contribution in [2.45, 2.75) is 4.90 Å². The van der Waals surface area contributed by atoms with Crippen LogP contribution in [0.4, 0.5) is 10.1 Å². The third-order valence-electron chi connectivity index (χ3n) is 2.24. The molecule has 1 amide bonds. The molecule has 5 nitrogen and oxygen atoms in total. The van der Waals surface area contributed by atoms with Gasteiger partial charge < -0.3 is 5.32 Å². The summed E-state index contributed by atoms with van der Waals surface area (Å²) in [5, 5.41) is 8.64. The quantitative estimate of drug-likeness (QED) is 0.885. The van der Waals surface area contributed by atoms with E-state index in [0.29, 0.717) is 5.69 Å². The van der Waals surface area contributed by atoms with Gasteiger partial charge in [0.25, 0.3) is 5.91 Å². The zero-order valence-corrected chi connectivity index (χ0v) is 10.3. The van der Waals surface area contributed by atoms with Crippen molar-refractivity contribution in [3.63, 3.8) is 0 Å². The van der Waals surface area contributed by atoms with Crippen molar-refractivity contribution in [2.24, 2.45) is 0 Å². The lowest BCUT2D eigenvalue weighted by Gasteiger charge is -2.05. The molecule has 2 aromatic rings. The number of benzene rings is 1. The molecule has 0 unspecified atom stereocenters. The van der Waals surface area contributed by atoms with Crippen LogP contribution in [0.1, 0.15) is 10.5 Å². The second-order valence-electron chi connectivity index (χ2n) is 3.52. The van der Waals surface area contributed by atoms with Gasteiger partial charge in [0.1, 0.15) is 11.5 Å². The molecular formula is C11H10FN3O2S. The van der Waals surface area contributed by atoms with E-state index in [1.807, 2.05) is 0 Å². The van der Waals surface area contributed by atoms with E-state index in [-0.39, 0.29) is 10.6 Å². The van der Waals surface area contributed by atoms with E-state index in [1.54, 1.807) is 0 Å². The fourth-order valence-electron chi connectivity index (χ4n) is 1.39. The summed E-state index contributed by atoms with van der Waals surface area (Å²) in [5.74, 6) is -1.03. The highest BCUT2D eigenvalue weighted by molar-refractivity contribution is 7.84. The van der Waals surface area contributed by atoms with Gasteiger partial charge in [-0.2, -0.15) is 5.10 Å². The first kappa shape index (κ1) is 12.4. The molecule has 0 saturated heterocycles. The van der Waals surface area contributed by atoms with Crippen LogP contribution in [-0.4, -0.2) is 26.6 Å². The molecule has 0 spiro atoms. The monoisotopic (exact) mass is 267 g/mol. The standard InChI is InChI=1S/C11H10FN3O2S/c1-18(17)10-3-2-7(6-8(10)12)14-11(16)9-4-5-13-15-9/h2-6H,1H3,(H,13,15)(H,14,16)/t18-/m0/s1. The summed E-state index contributed by atoms with van der Waals surface area (Å²) in [6.45, 7) is 0. The van der Waals surface area contributed by atoms with Gasteiger partial charge in [-0.1, -0.05) is 0 Å². The summed E-state index contributed by atoms with van der Waals surface area (Å²) in [7, 11) is -1.39. The molecule has 2 rings (SSSR count). The van der Waals surface area contributed by atoms with Gasteiger partial charge in [-0.15, -0.1) is 0 Å². The zero-order valence-electron chi connectivity index (χ0n) is 9.44. The van der Waals surface area contributed by atoms with Crippen LogP contribution in [0, 0.1) is 5.82 Å². The second-order valence-corrected chi connectivity index (χ2v) is 4.87. The van der Waals surface area contributed by atoms with Gasteiger partial charge in [-0.25, -0.2) is 4.39 Å². The number of nitrogens with one attached hydrogen (secondary N) is 2. The Kier molecular flexibility index (Phi) is 3.52. The Labute approximate surface area is 105 Å². The van der Waals surface area contributed by atoms with E-state index >= 15 is 0 Å². The maximum absolute atomic E-state index is 13.5. The predicted molar refractivity (Wildman–Crippen MR) is 65.3 cm³/mol. The van der Waals surface area contributed by atoms with E-state index in [9.17, 15) is 13.4 Å². The highest BCUT2D eigenvalue weighted by atomic mass is 32.2. The SMILES string of the molecule is C[S@](=O)c1ccc(NC(=O)c2ccn[nH]2)cc1F. The minimum atomic E-state index is -1.39. The highest BCUT2D eigenvalue weighted by Gasteiger charge is 2.10. The maximum atomic E-state index is 13.5. The number of hydrogen-bond donors (Lipinski definition) is 2. The Bertz CT molecular complexity index is 598. The average Bonchev–Trinajstić information content (AvgIpc) is 2.81. The van der Waals surface area contributed by atoms with Crippen LogP contribution in [0.15, 0.2) is 35.4 Å². The number of carbonyl (C=O) groups excluding carboxylic acids is 1. The van der Waals surface area contributed by atoms with Crippen LogP contribution in [0.25, 0.3) is 0 Å². The Balaban J connectivity index is 2.18. The Morgan fingerprint density at radius 3 is 2.78 bits per heavy atom. The van der Waals surface area contributed by atoms with Crippen molar-refractivity contribution in [3.05, 3.63) is 42.0 Å². The lowest BCUT2D eigenvalue weighted by Crippen LogP contribution is -2.12. The number of H-pyrrole nitrogens is 1. The van der Waals surface area contributed by atoms with Gasteiger partial charge in [0.05, 0.1) is 15.7 Å². The first-order valence-corrected chi connectivity index (χ1v) is 6.57. The minimum Gasteiger partial charge on any atom is -0.321 e. The number of halogens is 1. The summed E-state index contributed by atoms with van der Waals surface area (Å²) in [4.78, 5) is 11.7. The first-order valence-electron chi connectivity index (χ1n) is 5.01. The Morgan fingerprint density at radius 2 is 2.22 bits per heavy atom. The summed E-state index contributed by atoms with van der Waals surface area (Å²) in [6.07, 6.45) is 2.83. The number of aromatic amines is 1. The summed E-state index contributed by atoms with van der Waals surface area (Å²) < 4.78 is 24.7. The van der Waals surface area contributed by atoms with Crippen molar-refractivity contribution in [1.29, 1.82) is 0 Å². The lowest BCUT2D eigenvalue weighted by atomic mass is 10.3. The molecule has 1 heterocycles. The van der Waals surface area contributed by atoms with Crippen molar-refractivity contribution in [3.8, 4) is 0 Å². The molecule has 1 aromatic carbocycles. The van der Waals surface area contributed by atoms with Crippen LogP contribution in [-0.2, 0) is 10.8 Å². The lowest BCUT2D eigenvalue weighted by molar-refractivity contribution is 0.102. The largest absolute Gasteiger partial charge is 0.321 e. The molecule has 2 N–H and O–H groups in total. The number of rotatable bonds is 3. The number of nitrogens with zero attached hydrogens (tertiary/aromatic N) is 1. The molecule has 0 bridgehead atoms. The number of aromatic nitrogens is 2. The predicted octanol–water partition coefficient (Wildman–Crippen LogP) is 1.54. The Morgan fingerprint density at radius 1 is 1.44 bits per heavy atom. The summed E-state index contributed by atoms with van der Waals surface area (Å²) >= 11 is 0. The Hall–Kier alpha value is -2.02. The summed E-state index contributed by atoms with van der Waals surface area (Å²) in [6, 6.07) is 5.51. The van der Waals surface area contributed by atoms with Gasteiger partial charge in [-0.3, -0.25) is 14.1 Å². The normalized spacial score (nSPS) is 12.1. The number of amides is 1. The van der Waals surface area contributed by atoms with Gasteiger partial charge >= 0.3 is 0 Å². The van der Waals surface area contributed by atoms with Crippen LogP contribution < -0.4 is 5.32 Å². The molecule has 94 valence electrons. The van der Waals surface area contributed by atoms with E-state index in [1.165, 1.54) is 30.7 Å². The molecule has 0 aliphatic rings. The van der Waals surface area contributed by atoms with Crippen molar-refractivity contribution in [1.82, 2.24) is 10.2 Å². The number of hydrogen-bond acceptors (Lipinski definition) is 3.